The van der Waals surface area contributed by atoms with E-state index in [2.05, 4.69) is 21.4 Å². The average molecular weight is 223 g/mol. The highest BCUT2D eigenvalue weighted by Crippen LogP contribution is 2.40. The number of nitriles is 1. The van der Waals surface area contributed by atoms with E-state index in [1.807, 2.05) is 24.1 Å². The van der Waals surface area contributed by atoms with Gasteiger partial charge in [0.15, 0.2) is 11.6 Å². The molecule has 17 heavy (non-hydrogen) atoms. The predicted octanol–water partition coefficient (Wildman–Crippen LogP) is 2.17. The van der Waals surface area contributed by atoms with Crippen LogP contribution in [0.25, 0.3) is 0 Å². The molecule has 0 fully saturated rings. The summed E-state index contributed by atoms with van der Waals surface area (Å²) in [7, 11) is 1.91. The van der Waals surface area contributed by atoms with E-state index in [9.17, 15) is 0 Å². The van der Waals surface area contributed by atoms with Crippen molar-refractivity contribution in [1.82, 2.24) is 9.97 Å². The number of aromatic nitrogens is 2. The van der Waals surface area contributed by atoms with Crippen molar-refractivity contribution < 1.29 is 0 Å². The Bertz CT molecular complexity index is 629. The van der Waals surface area contributed by atoms with Gasteiger partial charge >= 0.3 is 0 Å². The topological polar surface area (TPSA) is 64.8 Å². The molecular formula is C12H9N5. The lowest BCUT2D eigenvalue weighted by Gasteiger charge is -2.28. The smallest absolute Gasteiger partial charge is 0.176 e. The van der Waals surface area contributed by atoms with Crippen molar-refractivity contribution in [2.45, 2.75) is 0 Å². The standard InChI is InChI=1S/C12H9N5/c1-17-10-6-8(7-13)2-3-9(10)16-11-12(17)15-5-4-14-11/h2-6H,1H3,(H,14,16). The first-order chi connectivity index (χ1) is 8.29. The van der Waals surface area contributed by atoms with Gasteiger partial charge in [0.2, 0.25) is 0 Å². The molecule has 0 amide bonds. The highest BCUT2D eigenvalue weighted by atomic mass is 15.3. The van der Waals surface area contributed by atoms with Gasteiger partial charge < -0.3 is 10.2 Å². The van der Waals surface area contributed by atoms with E-state index >= 15 is 0 Å². The van der Waals surface area contributed by atoms with Gasteiger partial charge in [0.05, 0.1) is 23.0 Å². The molecule has 0 aliphatic carbocycles. The van der Waals surface area contributed by atoms with Crippen LogP contribution in [0.3, 0.4) is 0 Å². The summed E-state index contributed by atoms with van der Waals surface area (Å²) in [6.07, 6.45) is 3.30. The zero-order valence-electron chi connectivity index (χ0n) is 9.18. The fraction of sp³-hybridized carbons (Fsp3) is 0.0833. The van der Waals surface area contributed by atoms with E-state index in [4.69, 9.17) is 5.26 Å². The van der Waals surface area contributed by atoms with Crippen LogP contribution in [0.15, 0.2) is 30.6 Å². The number of hydrogen-bond acceptors (Lipinski definition) is 5. The van der Waals surface area contributed by atoms with Gasteiger partial charge in [-0.3, -0.25) is 0 Å². The molecule has 5 heteroatoms. The first-order valence-electron chi connectivity index (χ1n) is 5.15. The molecule has 0 spiro atoms. The van der Waals surface area contributed by atoms with Crippen molar-refractivity contribution in [3.63, 3.8) is 0 Å². The van der Waals surface area contributed by atoms with Crippen LogP contribution >= 0.6 is 0 Å². The van der Waals surface area contributed by atoms with Gasteiger partial charge in [0.25, 0.3) is 0 Å². The fourth-order valence-corrected chi connectivity index (χ4v) is 1.89. The van der Waals surface area contributed by atoms with Crippen molar-refractivity contribution in [2.75, 3.05) is 17.3 Å². The summed E-state index contributed by atoms with van der Waals surface area (Å²) in [6, 6.07) is 7.62. The molecule has 0 unspecified atom stereocenters. The lowest BCUT2D eigenvalue weighted by molar-refractivity contribution is 1.07. The quantitative estimate of drug-likeness (QED) is 0.741. The molecule has 0 saturated heterocycles. The van der Waals surface area contributed by atoms with Crippen LogP contribution in [0.4, 0.5) is 23.0 Å². The van der Waals surface area contributed by atoms with Gasteiger partial charge in [-0.2, -0.15) is 5.26 Å². The predicted molar refractivity (Wildman–Crippen MR) is 64.5 cm³/mol. The molecule has 1 aliphatic rings. The Morgan fingerprint density at radius 3 is 2.94 bits per heavy atom. The molecule has 0 bridgehead atoms. The van der Waals surface area contributed by atoms with Crippen LogP contribution in [0.5, 0.6) is 0 Å². The molecule has 1 N–H and O–H groups in total. The Balaban J connectivity index is 2.17. The second-order valence-electron chi connectivity index (χ2n) is 3.76. The van der Waals surface area contributed by atoms with Crippen molar-refractivity contribution in [3.8, 4) is 6.07 Å². The summed E-state index contributed by atoms with van der Waals surface area (Å²) in [5.74, 6) is 1.49. The van der Waals surface area contributed by atoms with Crippen LogP contribution in [0.1, 0.15) is 5.56 Å². The first kappa shape index (κ1) is 9.60. The van der Waals surface area contributed by atoms with Gasteiger partial charge in [-0.15, -0.1) is 0 Å². The number of hydrogen-bond donors (Lipinski definition) is 1. The summed E-state index contributed by atoms with van der Waals surface area (Å²) in [5.41, 5.74) is 2.49. The lowest BCUT2D eigenvalue weighted by Crippen LogP contribution is -2.19. The maximum Gasteiger partial charge on any atom is 0.176 e. The van der Waals surface area contributed by atoms with Gasteiger partial charge in [-0.25, -0.2) is 9.97 Å². The maximum atomic E-state index is 8.90. The Labute approximate surface area is 98.4 Å². The average Bonchev–Trinajstić information content (AvgIpc) is 2.39. The lowest BCUT2D eigenvalue weighted by atomic mass is 10.1. The van der Waals surface area contributed by atoms with Crippen molar-refractivity contribution in [3.05, 3.63) is 36.2 Å². The van der Waals surface area contributed by atoms with Crippen LogP contribution in [-0.4, -0.2) is 17.0 Å². The van der Waals surface area contributed by atoms with E-state index in [0.29, 0.717) is 5.56 Å². The van der Waals surface area contributed by atoms with Gasteiger partial charge in [0, 0.05) is 19.4 Å². The minimum absolute atomic E-state index is 0.629. The highest BCUT2D eigenvalue weighted by molar-refractivity contribution is 5.88. The normalized spacial score (nSPS) is 12.1. The minimum atomic E-state index is 0.629. The summed E-state index contributed by atoms with van der Waals surface area (Å²) in [5, 5.41) is 12.1. The number of nitrogens with zero attached hydrogens (tertiary/aromatic N) is 4. The largest absolute Gasteiger partial charge is 0.335 e. The minimum Gasteiger partial charge on any atom is -0.335 e. The van der Waals surface area contributed by atoms with Crippen LogP contribution in [-0.2, 0) is 0 Å². The zero-order valence-corrected chi connectivity index (χ0v) is 9.18. The monoisotopic (exact) mass is 223 g/mol. The van der Waals surface area contributed by atoms with E-state index in [1.165, 1.54) is 0 Å². The molecule has 0 radical (unpaired) electrons. The van der Waals surface area contributed by atoms with E-state index in [-0.39, 0.29) is 0 Å². The van der Waals surface area contributed by atoms with Crippen molar-refractivity contribution in [2.24, 2.45) is 0 Å². The van der Waals surface area contributed by atoms with Crippen molar-refractivity contribution >= 4 is 23.0 Å². The van der Waals surface area contributed by atoms with E-state index in [1.54, 1.807) is 18.5 Å². The Morgan fingerprint density at radius 1 is 1.29 bits per heavy atom. The fourth-order valence-electron chi connectivity index (χ4n) is 1.89. The van der Waals surface area contributed by atoms with Crippen LogP contribution in [0, 0.1) is 11.3 Å². The highest BCUT2D eigenvalue weighted by Gasteiger charge is 2.21. The SMILES string of the molecule is CN1c2cc(C#N)ccc2Nc2nccnc21. The van der Waals surface area contributed by atoms with E-state index in [0.717, 1.165) is 23.0 Å². The van der Waals surface area contributed by atoms with Gasteiger partial charge in [0.1, 0.15) is 0 Å². The van der Waals surface area contributed by atoms with Crippen LogP contribution in [0.2, 0.25) is 0 Å². The third kappa shape index (κ3) is 1.39. The molecule has 1 aromatic heterocycles. The number of fused-ring (bicyclic) bond motifs is 2. The third-order valence-corrected chi connectivity index (χ3v) is 2.74. The second kappa shape index (κ2) is 3.46. The molecule has 1 aliphatic heterocycles. The number of nitrogens with one attached hydrogen (secondary N) is 1. The number of rotatable bonds is 0. The van der Waals surface area contributed by atoms with E-state index < -0.39 is 0 Å². The third-order valence-electron chi connectivity index (χ3n) is 2.74. The molecule has 2 aromatic rings. The van der Waals surface area contributed by atoms with Crippen LogP contribution < -0.4 is 10.2 Å². The Kier molecular flexibility index (Phi) is 1.95. The van der Waals surface area contributed by atoms with Gasteiger partial charge in [-0.05, 0) is 18.2 Å². The molecule has 82 valence electrons. The van der Waals surface area contributed by atoms with Crippen molar-refractivity contribution in [1.29, 1.82) is 5.26 Å². The second-order valence-corrected chi connectivity index (χ2v) is 3.76. The molecule has 0 saturated carbocycles. The molecule has 0 atom stereocenters. The molecule has 5 nitrogen and oxygen atoms in total. The number of anilines is 4. The molecule has 3 rings (SSSR count). The maximum absolute atomic E-state index is 8.90. The summed E-state index contributed by atoms with van der Waals surface area (Å²) < 4.78 is 0. The summed E-state index contributed by atoms with van der Waals surface area (Å²) in [6.45, 7) is 0. The summed E-state index contributed by atoms with van der Waals surface area (Å²) in [4.78, 5) is 10.4. The van der Waals surface area contributed by atoms with Gasteiger partial charge in [-0.1, -0.05) is 0 Å². The molecule has 1 aromatic carbocycles. The Hall–Kier alpha value is -2.61. The Morgan fingerprint density at radius 2 is 2.12 bits per heavy atom. The first-order valence-corrected chi connectivity index (χ1v) is 5.15. The summed E-state index contributed by atoms with van der Waals surface area (Å²) >= 11 is 0. The molecule has 2 heterocycles. The number of benzene rings is 1. The zero-order chi connectivity index (χ0) is 11.8. The molecular weight excluding hydrogens is 214 g/mol.